The van der Waals surface area contributed by atoms with Crippen LogP contribution in [0.4, 0.5) is 5.69 Å². The highest BCUT2D eigenvalue weighted by molar-refractivity contribution is 6.33. The molecule has 1 aliphatic heterocycles. The second-order valence-corrected chi connectivity index (χ2v) is 6.01. The van der Waals surface area contributed by atoms with Crippen molar-refractivity contribution in [1.29, 1.82) is 0 Å². The van der Waals surface area contributed by atoms with Crippen molar-refractivity contribution in [3.8, 4) is 0 Å². The molecule has 18 heavy (non-hydrogen) atoms. The second kappa shape index (κ2) is 4.47. The molecule has 1 atom stereocenters. The lowest BCUT2D eigenvalue weighted by Crippen LogP contribution is -2.35. The van der Waals surface area contributed by atoms with Crippen LogP contribution in [0.25, 0.3) is 0 Å². The standard InChI is InChI=1S/C14H18ClNO2/c1-8(13(17)18)10-6-9-4-5-14(2,3)16-12(9)11(15)7-10/h6-8,16H,4-5H2,1-3H3,(H,17,18). The minimum Gasteiger partial charge on any atom is -0.481 e. The number of hydrogen-bond acceptors (Lipinski definition) is 2. The maximum Gasteiger partial charge on any atom is 0.310 e. The van der Waals surface area contributed by atoms with E-state index in [4.69, 9.17) is 16.7 Å². The van der Waals surface area contributed by atoms with Gasteiger partial charge in [0.2, 0.25) is 0 Å². The molecule has 0 bridgehead atoms. The van der Waals surface area contributed by atoms with Gasteiger partial charge in [-0.3, -0.25) is 4.79 Å². The molecule has 1 aromatic carbocycles. The minimum absolute atomic E-state index is 0.0383. The molecule has 4 heteroatoms. The smallest absolute Gasteiger partial charge is 0.310 e. The van der Waals surface area contributed by atoms with Crippen molar-refractivity contribution in [2.45, 2.75) is 45.1 Å². The molecule has 0 saturated heterocycles. The van der Waals surface area contributed by atoms with E-state index in [0.29, 0.717) is 5.02 Å². The molecule has 98 valence electrons. The van der Waals surface area contributed by atoms with Gasteiger partial charge < -0.3 is 10.4 Å². The largest absolute Gasteiger partial charge is 0.481 e. The lowest BCUT2D eigenvalue weighted by Gasteiger charge is -2.34. The van der Waals surface area contributed by atoms with Gasteiger partial charge in [0.05, 0.1) is 16.6 Å². The highest BCUT2D eigenvalue weighted by Crippen LogP contribution is 2.38. The zero-order valence-corrected chi connectivity index (χ0v) is 11.6. The Balaban J connectivity index is 2.42. The molecule has 1 aromatic rings. The average Bonchev–Trinajstić information content (AvgIpc) is 2.28. The first kappa shape index (κ1) is 13.2. The van der Waals surface area contributed by atoms with Crippen LogP contribution in [-0.4, -0.2) is 16.6 Å². The van der Waals surface area contributed by atoms with Crippen LogP contribution in [0.15, 0.2) is 12.1 Å². The maximum atomic E-state index is 11.0. The van der Waals surface area contributed by atoms with E-state index in [1.54, 1.807) is 13.0 Å². The molecule has 0 aliphatic carbocycles. The van der Waals surface area contributed by atoms with Gasteiger partial charge >= 0.3 is 5.97 Å². The lowest BCUT2D eigenvalue weighted by molar-refractivity contribution is -0.138. The van der Waals surface area contributed by atoms with E-state index in [0.717, 1.165) is 29.7 Å². The van der Waals surface area contributed by atoms with E-state index in [1.807, 2.05) is 6.07 Å². The van der Waals surface area contributed by atoms with E-state index < -0.39 is 11.9 Å². The Morgan fingerprint density at radius 2 is 2.17 bits per heavy atom. The topological polar surface area (TPSA) is 49.3 Å². The van der Waals surface area contributed by atoms with Crippen molar-refractivity contribution in [3.63, 3.8) is 0 Å². The first-order chi connectivity index (χ1) is 8.30. The third kappa shape index (κ3) is 2.46. The monoisotopic (exact) mass is 267 g/mol. The van der Waals surface area contributed by atoms with E-state index in [1.165, 1.54) is 0 Å². The molecule has 0 saturated carbocycles. The fourth-order valence-corrected chi connectivity index (χ4v) is 2.56. The summed E-state index contributed by atoms with van der Waals surface area (Å²) < 4.78 is 0. The predicted octanol–water partition coefficient (Wildman–Crippen LogP) is 3.66. The third-order valence-corrected chi connectivity index (χ3v) is 3.85. The number of anilines is 1. The van der Waals surface area contributed by atoms with Crippen LogP contribution in [0.2, 0.25) is 5.02 Å². The first-order valence-corrected chi connectivity index (χ1v) is 6.51. The number of nitrogens with one attached hydrogen (secondary N) is 1. The Bertz CT molecular complexity index is 497. The summed E-state index contributed by atoms with van der Waals surface area (Å²) in [5.74, 6) is -1.35. The summed E-state index contributed by atoms with van der Waals surface area (Å²) in [6.07, 6.45) is 1.94. The van der Waals surface area contributed by atoms with E-state index in [2.05, 4.69) is 19.2 Å². The lowest BCUT2D eigenvalue weighted by atomic mass is 9.87. The molecule has 2 rings (SSSR count). The normalized spacial score (nSPS) is 18.7. The number of carboxylic acid groups (broad SMARTS) is 1. The van der Waals surface area contributed by atoms with Crippen molar-refractivity contribution < 1.29 is 9.90 Å². The number of aryl methyl sites for hydroxylation is 1. The van der Waals surface area contributed by atoms with Crippen LogP contribution >= 0.6 is 11.6 Å². The number of aliphatic carboxylic acids is 1. The molecule has 3 nitrogen and oxygen atoms in total. The molecule has 1 aliphatic rings. The number of benzene rings is 1. The SMILES string of the molecule is CC(C(=O)O)c1cc(Cl)c2c(c1)CCC(C)(C)N2. The summed E-state index contributed by atoms with van der Waals surface area (Å²) in [7, 11) is 0. The molecule has 2 N–H and O–H groups in total. The Hall–Kier alpha value is -1.22. The highest BCUT2D eigenvalue weighted by Gasteiger charge is 2.27. The van der Waals surface area contributed by atoms with Crippen LogP contribution in [0.5, 0.6) is 0 Å². The van der Waals surface area contributed by atoms with Gasteiger partial charge in [0.15, 0.2) is 0 Å². The van der Waals surface area contributed by atoms with Gasteiger partial charge in [-0.05, 0) is 50.8 Å². The number of hydrogen-bond donors (Lipinski definition) is 2. The number of fused-ring (bicyclic) bond motifs is 1. The second-order valence-electron chi connectivity index (χ2n) is 5.61. The summed E-state index contributed by atoms with van der Waals surface area (Å²) in [4.78, 5) is 11.0. The van der Waals surface area contributed by atoms with Crippen molar-refractivity contribution in [2.75, 3.05) is 5.32 Å². The Labute approximate surface area is 112 Å². The van der Waals surface area contributed by atoms with Gasteiger partial charge in [-0.2, -0.15) is 0 Å². The fraction of sp³-hybridized carbons (Fsp3) is 0.500. The average molecular weight is 268 g/mol. The fourth-order valence-electron chi connectivity index (χ4n) is 2.26. The van der Waals surface area contributed by atoms with Crippen molar-refractivity contribution in [3.05, 3.63) is 28.3 Å². The molecule has 0 fully saturated rings. The van der Waals surface area contributed by atoms with Gasteiger partial charge in [-0.1, -0.05) is 17.7 Å². The van der Waals surface area contributed by atoms with E-state index in [-0.39, 0.29) is 5.54 Å². The van der Waals surface area contributed by atoms with Gasteiger partial charge in [0.25, 0.3) is 0 Å². The summed E-state index contributed by atoms with van der Waals surface area (Å²) in [6.45, 7) is 5.96. The summed E-state index contributed by atoms with van der Waals surface area (Å²) in [6, 6.07) is 3.72. The Morgan fingerprint density at radius 3 is 2.78 bits per heavy atom. The summed E-state index contributed by atoms with van der Waals surface area (Å²) in [5.41, 5.74) is 2.88. The molecule has 0 spiro atoms. The zero-order valence-electron chi connectivity index (χ0n) is 10.9. The van der Waals surface area contributed by atoms with Gasteiger partial charge in [0.1, 0.15) is 0 Å². The highest BCUT2D eigenvalue weighted by atomic mass is 35.5. The molecule has 0 aromatic heterocycles. The third-order valence-electron chi connectivity index (χ3n) is 3.55. The van der Waals surface area contributed by atoms with Crippen molar-refractivity contribution >= 4 is 23.3 Å². The van der Waals surface area contributed by atoms with Crippen LogP contribution in [0.1, 0.15) is 44.2 Å². The molecular weight excluding hydrogens is 250 g/mol. The molecule has 1 heterocycles. The van der Waals surface area contributed by atoms with Crippen LogP contribution in [0.3, 0.4) is 0 Å². The van der Waals surface area contributed by atoms with Crippen molar-refractivity contribution in [2.24, 2.45) is 0 Å². The summed E-state index contributed by atoms with van der Waals surface area (Å²) in [5, 5.41) is 13.1. The molecule has 0 radical (unpaired) electrons. The number of carbonyl (C=O) groups is 1. The number of halogens is 1. The zero-order chi connectivity index (χ0) is 13.5. The van der Waals surface area contributed by atoms with Crippen molar-refractivity contribution in [1.82, 2.24) is 0 Å². The molecule has 1 unspecified atom stereocenters. The maximum absolute atomic E-state index is 11.0. The van der Waals surface area contributed by atoms with Crippen LogP contribution < -0.4 is 5.32 Å². The number of rotatable bonds is 2. The summed E-state index contributed by atoms with van der Waals surface area (Å²) >= 11 is 6.27. The van der Waals surface area contributed by atoms with Gasteiger partial charge in [-0.15, -0.1) is 0 Å². The minimum atomic E-state index is -0.824. The van der Waals surface area contributed by atoms with Crippen LogP contribution in [-0.2, 0) is 11.2 Å². The number of carboxylic acids is 1. The van der Waals surface area contributed by atoms with Gasteiger partial charge in [-0.25, -0.2) is 0 Å². The molecule has 0 amide bonds. The van der Waals surface area contributed by atoms with Crippen LogP contribution in [0, 0.1) is 0 Å². The Morgan fingerprint density at radius 1 is 1.50 bits per heavy atom. The predicted molar refractivity (Wildman–Crippen MR) is 73.5 cm³/mol. The van der Waals surface area contributed by atoms with Gasteiger partial charge in [0, 0.05) is 5.54 Å². The Kier molecular flexibility index (Phi) is 3.28. The quantitative estimate of drug-likeness (QED) is 0.860. The first-order valence-electron chi connectivity index (χ1n) is 6.13. The van der Waals surface area contributed by atoms with E-state index >= 15 is 0 Å². The van der Waals surface area contributed by atoms with E-state index in [9.17, 15) is 4.79 Å². The molecular formula is C14H18ClNO2.